The van der Waals surface area contributed by atoms with Crippen LogP contribution in [0.5, 0.6) is 0 Å². The van der Waals surface area contributed by atoms with E-state index in [2.05, 4.69) is 4.98 Å². The molecule has 0 saturated carbocycles. The van der Waals surface area contributed by atoms with E-state index in [1.165, 1.54) is 6.20 Å². The zero-order chi connectivity index (χ0) is 11.9. The Hall–Kier alpha value is 0.0800. The van der Waals surface area contributed by atoms with Crippen LogP contribution in [0.25, 0.3) is 10.9 Å². The van der Waals surface area contributed by atoms with Crippen molar-refractivity contribution in [3.63, 3.8) is 0 Å². The molecule has 0 unspecified atom stereocenters. The van der Waals surface area contributed by atoms with Gasteiger partial charge in [-0.2, -0.15) is 0 Å². The number of hydrogen-bond donors (Lipinski definition) is 0. The second-order valence-corrected chi connectivity index (χ2v) is 6.19. The van der Waals surface area contributed by atoms with E-state index in [0.29, 0.717) is 26.5 Å². The van der Waals surface area contributed by atoms with Gasteiger partial charge in [-0.3, -0.25) is 4.98 Å². The molecule has 0 atom stereocenters. The Morgan fingerprint density at radius 3 is 2.38 bits per heavy atom. The molecule has 0 bridgehead atoms. The molecule has 0 N–H and O–H groups in total. The SMILES string of the molecule is Clc1cnc2c(C(Cl)(Cl)Cl)cccc2c1Cl. The highest BCUT2D eigenvalue weighted by molar-refractivity contribution is 6.67. The molecule has 1 aromatic heterocycles. The molecule has 1 aromatic carbocycles. The number of pyridine rings is 1. The first kappa shape index (κ1) is 12.5. The maximum absolute atomic E-state index is 6.05. The first-order valence-corrected chi connectivity index (χ1v) is 6.10. The van der Waals surface area contributed by atoms with E-state index >= 15 is 0 Å². The molecule has 2 rings (SSSR count). The van der Waals surface area contributed by atoms with Crippen molar-refractivity contribution in [2.75, 3.05) is 0 Å². The fourth-order valence-electron chi connectivity index (χ4n) is 1.40. The van der Waals surface area contributed by atoms with E-state index in [1.807, 2.05) is 0 Å². The van der Waals surface area contributed by atoms with Crippen molar-refractivity contribution < 1.29 is 0 Å². The quantitative estimate of drug-likeness (QED) is 0.596. The highest BCUT2D eigenvalue weighted by Gasteiger charge is 2.26. The molecule has 0 fully saturated rings. The highest BCUT2D eigenvalue weighted by Crippen LogP contribution is 2.42. The Kier molecular flexibility index (Phi) is 3.44. The molecule has 16 heavy (non-hydrogen) atoms. The molecule has 0 spiro atoms. The first-order valence-electron chi connectivity index (χ1n) is 4.21. The van der Waals surface area contributed by atoms with Crippen LogP contribution in [0.4, 0.5) is 0 Å². The lowest BCUT2D eigenvalue weighted by Gasteiger charge is -2.14. The van der Waals surface area contributed by atoms with Gasteiger partial charge in [0.05, 0.1) is 15.6 Å². The van der Waals surface area contributed by atoms with Gasteiger partial charge in [-0.05, 0) is 0 Å². The van der Waals surface area contributed by atoms with Crippen LogP contribution in [0.2, 0.25) is 10.0 Å². The largest absolute Gasteiger partial charge is 0.254 e. The smallest absolute Gasteiger partial charge is 0.218 e. The monoisotopic (exact) mass is 313 g/mol. The number of hydrogen-bond acceptors (Lipinski definition) is 1. The third-order valence-electron chi connectivity index (χ3n) is 2.09. The number of aromatic nitrogens is 1. The van der Waals surface area contributed by atoms with Crippen molar-refractivity contribution in [2.45, 2.75) is 3.79 Å². The van der Waals surface area contributed by atoms with Crippen LogP contribution in [0, 0.1) is 0 Å². The number of rotatable bonds is 0. The Bertz CT molecular complexity index is 547. The summed E-state index contributed by atoms with van der Waals surface area (Å²) in [6.45, 7) is 0. The van der Waals surface area contributed by atoms with Crippen molar-refractivity contribution in [1.82, 2.24) is 4.98 Å². The molecule has 84 valence electrons. The summed E-state index contributed by atoms with van der Waals surface area (Å²) in [5.74, 6) is 0. The van der Waals surface area contributed by atoms with Crippen molar-refractivity contribution in [3.8, 4) is 0 Å². The lowest BCUT2D eigenvalue weighted by atomic mass is 10.1. The Morgan fingerprint density at radius 1 is 1.06 bits per heavy atom. The molecule has 0 saturated heterocycles. The number of nitrogens with zero attached hydrogens (tertiary/aromatic N) is 1. The van der Waals surface area contributed by atoms with Gasteiger partial charge in [0.25, 0.3) is 0 Å². The zero-order valence-electron chi connectivity index (χ0n) is 7.65. The van der Waals surface area contributed by atoms with Gasteiger partial charge in [-0.1, -0.05) is 76.2 Å². The van der Waals surface area contributed by atoms with Gasteiger partial charge in [0.2, 0.25) is 3.79 Å². The van der Waals surface area contributed by atoms with E-state index in [9.17, 15) is 0 Å². The molecule has 0 amide bonds. The molecule has 0 aliphatic carbocycles. The number of benzene rings is 1. The number of fused-ring (bicyclic) bond motifs is 1. The van der Waals surface area contributed by atoms with Crippen molar-refractivity contribution >= 4 is 68.9 Å². The van der Waals surface area contributed by atoms with Gasteiger partial charge in [-0.15, -0.1) is 0 Å². The fraction of sp³-hybridized carbons (Fsp3) is 0.100. The standard InChI is InChI=1S/C10H4Cl5N/c11-7-4-16-9-5(8(7)12)2-1-3-6(9)10(13,14)15/h1-4H. The van der Waals surface area contributed by atoms with E-state index in [4.69, 9.17) is 58.0 Å². The maximum atomic E-state index is 6.05. The van der Waals surface area contributed by atoms with Crippen LogP contribution in [0.3, 0.4) is 0 Å². The van der Waals surface area contributed by atoms with E-state index in [0.717, 1.165) is 0 Å². The summed E-state index contributed by atoms with van der Waals surface area (Å²) in [6, 6.07) is 5.20. The third kappa shape index (κ3) is 2.20. The first-order chi connectivity index (χ1) is 7.41. The molecule has 6 heteroatoms. The molecule has 1 heterocycles. The summed E-state index contributed by atoms with van der Waals surface area (Å²) in [5.41, 5.74) is 1.02. The van der Waals surface area contributed by atoms with Crippen LogP contribution in [0.1, 0.15) is 5.56 Å². The van der Waals surface area contributed by atoms with Crippen LogP contribution < -0.4 is 0 Å². The predicted octanol–water partition coefficient (Wildman–Crippen LogP) is 5.37. The summed E-state index contributed by atoms with van der Waals surface area (Å²) in [6.07, 6.45) is 1.44. The highest BCUT2D eigenvalue weighted by atomic mass is 35.6. The zero-order valence-corrected chi connectivity index (χ0v) is 11.4. The maximum Gasteiger partial charge on any atom is 0.218 e. The Labute approximate surface area is 117 Å². The van der Waals surface area contributed by atoms with Crippen molar-refractivity contribution in [3.05, 3.63) is 40.0 Å². The van der Waals surface area contributed by atoms with Crippen LogP contribution >= 0.6 is 58.0 Å². The van der Waals surface area contributed by atoms with Gasteiger partial charge >= 0.3 is 0 Å². The topological polar surface area (TPSA) is 12.9 Å². The van der Waals surface area contributed by atoms with E-state index in [1.54, 1.807) is 18.2 Å². The Morgan fingerprint density at radius 2 is 1.75 bits per heavy atom. The fourth-order valence-corrected chi connectivity index (χ4v) is 2.20. The summed E-state index contributed by atoms with van der Waals surface area (Å²) < 4.78 is -1.54. The van der Waals surface area contributed by atoms with E-state index in [-0.39, 0.29) is 0 Å². The van der Waals surface area contributed by atoms with Crippen LogP contribution in [-0.4, -0.2) is 4.98 Å². The van der Waals surface area contributed by atoms with Crippen molar-refractivity contribution in [1.29, 1.82) is 0 Å². The molecule has 0 aliphatic heterocycles. The summed E-state index contributed by atoms with van der Waals surface area (Å²) in [4.78, 5) is 4.14. The minimum atomic E-state index is -1.54. The molecule has 2 aromatic rings. The second-order valence-electron chi connectivity index (χ2n) is 3.12. The molecule has 0 aliphatic rings. The molecule has 0 radical (unpaired) electrons. The second kappa shape index (κ2) is 4.40. The number of alkyl halides is 3. The van der Waals surface area contributed by atoms with Gasteiger partial charge in [-0.25, -0.2) is 0 Å². The normalized spacial score (nSPS) is 12.1. The molecule has 1 nitrogen and oxygen atoms in total. The average molecular weight is 315 g/mol. The van der Waals surface area contributed by atoms with Gasteiger partial charge in [0.1, 0.15) is 0 Å². The summed E-state index contributed by atoms with van der Waals surface area (Å²) in [7, 11) is 0. The lowest BCUT2D eigenvalue weighted by molar-refractivity contribution is 1.24. The minimum Gasteiger partial charge on any atom is -0.254 e. The minimum absolute atomic E-state index is 0.371. The lowest BCUT2D eigenvalue weighted by Crippen LogP contribution is -2.02. The average Bonchev–Trinajstić information content (AvgIpc) is 2.21. The third-order valence-corrected chi connectivity index (χ3v) is 3.50. The van der Waals surface area contributed by atoms with Crippen molar-refractivity contribution in [2.24, 2.45) is 0 Å². The molecular formula is C10H4Cl5N. The summed E-state index contributed by atoms with van der Waals surface area (Å²) in [5, 5.41) is 1.44. The van der Waals surface area contributed by atoms with Crippen LogP contribution in [0.15, 0.2) is 24.4 Å². The van der Waals surface area contributed by atoms with Gasteiger partial charge < -0.3 is 0 Å². The van der Waals surface area contributed by atoms with E-state index < -0.39 is 3.79 Å². The van der Waals surface area contributed by atoms with Gasteiger partial charge in [0, 0.05) is 17.1 Å². The van der Waals surface area contributed by atoms with Crippen LogP contribution in [-0.2, 0) is 3.79 Å². The summed E-state index contributed by atoms with van der Waals surface area (Å²) >= 11 is 29.4. The number of halogens is 5. The number of para-hydroxylation sites is 1. The Balaban J connectivity index is 2.85. The predicted molar refractivity (Wildman–Crippen MR) is 71.0 cm³/mol. The molecular weight excluding hydrogens is 311 g/mol. The van der Waals surface area contributed by atoms with Gasteiger partial charge in [0.15, 0.2) is 0 Å².